The van der Waals surface area contributed by atoms with Crippen molar-refractivity contribution < 1.29 is 24.2 Å². The van der Waals surface area contributed by atoms with Gasteiger partial charge in [-0.2, -0.15) is 5.10 Å². The first-order valence-electron chi connectivity index (χ1n) is 16.3. The first-order chi connectivity index (χ1) is 21.4. The molecule has 242 valence electrons. The Morgan fingerprint density at radius 2 is 1.89 bits per heavy atom. The molecule has 10 nitrogen and oxygen atoms in total. The molecule has 2 heterocycles. The second-order valence-corrected chi connectivity index (χ2v) is 14.5. The number of pyridine rings is 1. The number of benzene rings is 1. The van der Waals surface area contributed by atoms with Crippen LogP contribution in [-0.2, 0) is 17.6 Å². The standard InChI is InChI=1S/C35H47N5O5/c1-34(2,43)21-44-29-12-11-28-24(20-37-40(28)32(29)23-8-9-23)15-31(41)38-25-16-35(17-25)18-26(19-35)45-30-14-22(6-5-13-39(3)4)7-10-27(30)33(36)42/h7,10-12,14,20,23,25-26,43H,5-6,8-9,13,15-19,21H2,1-4H3,(H2,36,42)(H,38,41). The Bertz CT molecular complexity index is 1560. The van der Waals surface area contributed by atoms with Gasteiger partial charge in [0, 0.05) is 17.5 Å². The second kappa shape index (κ2) is 12.3. The largest absolute Gasteiger partial charge is 0.490 e. The number of aryl methyl sites for hydroxylation is 1. The maximum atomic E-state index is 13.1. The van der Waals surface area contributed by atoms with Crippen molar-refractivity contribution in [2.45, 2.75) is 95.3 Å². The molecule has 3 fully saturated rings. The number of carbonyl (C=O) groups is 2. The summed E-state index contributed by atoms with van der Waals surface area (Å²) in [5, 5.41) is 18.0. The highest BCUT2D eigenvalue weighted by Gasteiger charge is 2.54. The molecule has 2 amide bonds. The number of aliphatic hydroxyl groups is 1. The molecule has 1 spiro atoms. The Morgan fingerprint density at radius 3 is 2.56 bits per heavy atom. The summed E-state index contributed by atoms with van der Waals surface area (Å²) in [4.78, 5) is 27.3. The zero-order valence-electron chi connectivity index (χ0n) is 27.0. The number of ether oxygens (including phenoxy) is 2. The lowest BCUT2D eigenvalue weighted by molar-refractivity contribution is -0.126. The fraction of sp³-hybridized carbons (Fsp3) is 0.571. The summed E-state index contributed by atoms with van der Waals surface area (Å²) in [5.41, 5.74) is 9.32. The molecule has 10 heteroatoms. The van der Waals surface area contributed by atoms with Crippen LogP contribution < -0.4 is 20.5 Å². The van der Waals surface area contributed by atoms with Gasteiger partial charge in [0.1, 0.15) is 18.1 Å². The molecule has 3 saturated carbocycles. The number of carbonyl (C=O) groups excluding carboxylic acids is 2. The van der Waals surface area contributed by atoms with Gasteiger partial charge in [-0.1, -0.05) is 6.07 Å². The number of nitrogens with two attached hydrogens (primary N) is 1. The third-order valence-corrected chi connectivity index (χ3v) is 9.38. The number of hydrogen-bond acceptors (Lipinski definition) is 7. The SMILES string of the molecule is CN(C)CCCc1ccc(C(N)=O)c(OC2CC3(CC(NC(=O)Cc4cnn5c(C6CC6)c(OCC(C)(C)O)ccc45)C3)C2)c1. The molecule has 4 N–H and O–H groups in total. The van der Waals surface area contributed by atoms with E-state index in [2.05, 4.69) is 29.4 Å². The topological polar surface area (TPSA) is 131 Å². The maximum Gasteiger partial charge on any atom is 0.252 e. The number of nitrogens with zero attached hydrogens (tertiary/aromatic N) is 3. The third kappa shape index (κ3) is 7.28. The smallest absolute Gasteiger partial charge is 0.252 e. The van der Waals surface area contributed by atoms with Crippen LogP contribution in [0.2, 0.25) is 0 Å². The van der Waals surface area contributed by atoms with Gasteiger partial charge in [-0.25, -0.2) is 4.52 Å². The van der Waals surface area contributed by atoms with Crippen LogP contribution in [-0.4, -0.2) is 76.4 Å². The van der Waals surface area contributed by atoms with E-state index in [0.29, 0.717) is 17.2 Å². The Hall–Kier alpha value is -3.63. The van der Waals surface area contributed by atoms with Gasteiger partial charge in [-0.3, -0.25) is 9.59 Å². The van der Waals surface area contributed by atoms with Crippen LogP contribution in [0.15, 0.2) is 36.5 Å². The Labute approximate surface area is 265 Å². The molecule has 45 heavy (non-hydrogen) atoms. The highest BCUT2D eigenvalue weighted by atomic mass is 16.5. The van der Waals surface area contributed by atoms with Gasteiger partial charge in [0.15, 0.2) is 0 Å². The highest BCUT2D eigenvalue weighted by molar-refractivity contribution is 5.95. The number of amides is 2. The van der Waals surface area contributed by atoms with Crippen molar-refractivity contribution in [3.63, 3.8) is 0 Å². The van der Waals surface area contributed by atoms with E-state index in [1.165, 1.54) is 0 Å². The van der Waals surface area contributed by atoms with Gasteiger partial charge >= 0.3 is 0 Å². The molecular formula is C35H47N5O5. The molecule has 6 rings (SSSR count). The van der Waals surface area contributed by atoms with E-state index in [1.807, 2.05) is 28.8 Å². The Kier molecular flexibility index (Phi) is 8.56. The summed E-state index contributed by atoms with van der Waals surface area (Å²) in [6.45, 7) is 4.65. The van der Waals surface area contributed by atoms with E-state index in [0.717, 1.165) is 86.0 Å². The average Bonchev–Trinajstić information content (AvgIpc) is 3.69. The summed E-state index contributed by atoms with van der Waals surface area (Å²) in [7, 11) is 4.13. The number of hydrogen-bond donors (Lipinski definition) is 3. The van der Waals surface area contributed by atoms with Crippen molar-refractivity contribution in [2.75, 3.05) is 27.2 Å². The number of nitrogens with one attached hydrogen (secondary N) is 1. The lowest BCUT2D eigenvalue weighted by Gasteiger charge is -2.57. The molecule has 0 aliphatic heterocycles. The van der Waals surface area contributed by atoms with Crippen LogP contribution in [0.4, 0.5) is 0 Å². The molecule has 3 aliphatic carbocycles. The lowest BCUT2D eigenvalue weighted by Crippen LogP contribution is -2.59. The van der Waals surface area contributed by atoms with Crippen LogP contribution in [0.5, 0.6) is 11.5 Å². The Balaban J connectivity index is 1.00. The fourth-order valence-corrected chi connectivity index (χ4v) is 7.01. The van der Waals surface area contributed by atoms with Gasteiger partial charge in [-0.15, -0.1) is 0 Å². The maximum absolute atomic E-state index is 13.1. The first-order valence-corrected chi connectivity index (χ1v) is 16.3. The minimum absolute atomic E-state index is 0.00406. The molecule has 3 aliphatic rings. The third-order valence-electron chi connectivity index (χ3n) is 9.38. The van der Waals surface area contributed by atoms with E-state index < -0.39 is 11.5 Å². The van der Waals surface area contributed by atoms with Crippen molar-refractivity contribution in [1.82, 2.24) is 19.8 Å². The van der Waals surface area contributed by atoms with E-state index in [1.54, 1.807) is 26.1 Å². The van der Waals surface area contributed by atoms with Crippen LogP contribution in [0.3, 0.4) is 0 Å². The van der Waals surface area contributed by atoms with Crippen molar-refractivity contribution in [3.05, 3.63) is 58.9 Å². The normalized spacial score (nSPS) is 22.7. The van der Waals surface area contributed by atoms with Gasteiger partial charge in [0.25, 0.3) is 5.91 Å². The quantitative estimate of drug-likeness (QED) is 0.249. The highest BCUT2D eigenvalue weighted by Crippen LogP contribution is 2.57. The van der Waals surface area contributed by atoms with Crippen molar-refractivity contribution in [3.8, 4) is 11.5 Å². The van der Waals surface area contributed by atoms with Crippen molar-refractivity contribution >= 4 is 17.3 Å². The number of aromatic nitrogens is 2. The molecule has 0 atom stereocenters. The van der Waals surface area contributed by atoms with Gasteiger partial charge < -0.3 is 30.5 Å². The molecule has 0 bridgehead atoms. The zero-order valence-corrected chi connectivity index (χ0v) is 27.0. The van der Waals surface area contributed by atoms with Gasteiger partial charge in [-0.05, 0) is 121 Å². The molecule has 1 aromatic carbocycles. The van der Waals surface area contributed by atoms with E-state index in [-0.39, 0.29) is 36.5 Å². The van der Waals surface area contributed by atoms with Crippen LogP contribution in [0.25, 0.3) is 5.52 Å². The van der Waals surface area contributed by atoms with E-state index in [9.17, 15) is 14.7 Å². The lowest BCUT2D eigenvalue weighted by atomic mass is 9.53. The van der Waals surface area contributed by atoms with Gasteiger partial charge in [0.05, 0.1) is 41.1 Å². The number of primary amides is 1. The van der Waals surface area contributed by atoms with Crippen molar-refractivity contribution in [2.24, 2.45) is 11.1 Å². The molecular weight excluding hydrogens is 570 g/mol. The predicted molar refractivity (Wildman–Crippen MR) is 172 cm³/mol. The minimum Gasteiger partial charge on any atom is -0.490 e. The van der Waals surface area contributed by atoms with Crippen molar-refractivity contribution in [1.29, 1.82) is 0 Å². The Morgan fingerprint density at radius 1 is 1.13 bits per heavy atom. The molecule has 0 unspecified atom stereocenters. The van der Waals surface area contributed by atoms with Gasteiger partial charge in [0.2, 0.25) is 5.91 Å². The van der Waals surface area contributed by atoms with Crippen LogP contribution in [0.1, 0.15) is 91.9 Å². The molecule has 0 radical (unpaired) electrons. The van der Waals surface area contributed by atoms with E-state index in [4.69, 9.17) is 15.2 Å². The second-order valence-electron chi connectivity index (χ2n) is 14.5. The molecule has 2 aromatic heterocycles. The monoisotopic (exact) mass is 617 g/mol. The number of rotatable bonds is 14. The summed E-state index contributed by atoms with van der Waals surface area (Å²) in [6.07, 6.45) is 9.92. The zero-order chi connectivity index (χ0) is 31.9. The van der Waals surface area contributed by atoms with Crippen LogP contribution in [0, 0.1) is 5.41 Å². The minimum atomic E-state index is -0.928. The molecule has 0 saturated heterocycles. The summed E-state index contributed by atoms with van der Waals surface area (Å²) >= 11 is 0. The summed E-state index contributed by atoms with van der Waals surface area (Å²) < 4.78 is 14.2. The van der Waals surface area contributed by atoms with Crippen LogP contribution >= 0.6 is 0 Å². The first kappa shape index (κ1) is 31.4. The predicted octanol–water partition coefficient (Wildman–Crippen LogP) is 4.00. The average molecular weight is 618 g/mol. The van der Waals surface area contributed by atoms with E-state index >= 15 is 0 Å². The summed E-state index contributed by atoms with van der Waals surface area (Å²) in [6, 6.07) is 9.78. The fourth-order valence-electron chi connectivity index (χ4n) is 7.01. The molecule has 3 aromatic rings. The number of fused-ring (bicyclic) bond motifs is 1. The summed E-state index contributed by atoms with van der Waals surface area (Å²) in [5.74, 6) is 1.24.